The quantitative estimate of drug-likeness (QED) is 0.294. The Hall–Kier alpha value is -3.60. The molecular weight excluding hydrogens is 506 g/mol. The van der Waals surface area contributed by atoms with E-state index in [1.807, 2.05) is 31.2 Å². The number of rotatable bonds is 7. The van der Waals surface area contributed by atoms with Crippen LogP contribution in [0.5, 0.6) is 5.75 Å². The Balaban J connectivity index is 1.64. The predicted octanol–water partition coefficient (Wildman–Crippen LogP) is 5.97. The maximum atomic E-state index is 12.5. The number of hydrogen-bond acceptors (Lipinski definition) is 4. The van der Waals surface area contributed by atoms with Crippen molar-refractivity contribution in [3.8, 4) is 11.8 Å². The summed E-state index contributed by atoms with van der Waals surface area (Å²) in [6.45, 7) is 1.77. The van der Waals surface area contributed by atoms with Gasteiger partial charge in [0.2, 0.25) is 0 Å². The molecule has 6 nitrogen and oxygen atoms in total. The number of nitrogens with one attached hydrogen (secondary N) is 2. The first-order chi connectivity index (χ1) is 15.9. The number of hydrogen-bond donors (Lipinski definition) is 2. The summed E-state index contributed by atoms with van der Waals surface area (Å²) in [5.74, 6) is -0.417. The molecule has 0 aliphatic rings. The molecule has 0 spiro atoms. The molecule has 3 rings (SSSR count). The number of carbonyl (C=O) groups is 2. The number of benzene rings is 3. The minimum atomic E-state index is -0.574. The highest BCUT2D eigenvalue weighted by atomic mass is 79.9. The van der Waals surface area contributed by atoms with Gasteiger partial charge < -0.3 is 15.4 Å². The number of carbonyl (C=O) groups excluding carboxylic acids is 2. The molecule has 2 N–H and O–H groups in total. The molecule has 0 radical (unpaired) electrons. The average Bonchev–Trinajstić information content (AvgIpc) is 2.78. The van der Waals surface area contributed by atoms with Crippen molar-refractivity contribution in [2.45, 2.75) is 6.92 Å². The minimum absolute atomic E-state index is 0.0898. The predicted molar refractivity (Wildman–Crippen MR) is 133 cm³/mol. The van der Waals surface area contributed by atoms with Gasteiger partial charge in [0, 0.05) is 5.69 Å². The number of halogens is 2. The van der Waals surface area contributed by atoms with E-state index in [0.717, 1.165) is 5.56 Å². The summed E-state index contributed by atoms with van der Waals surface area (Å²) in [5, 5.41) is 15.2. The van der Waals surface area contributed by atoms with E-state index in [9.17, 15) is 14.9 Å². The van der Waals surface area contributed by atoms with Gasteiger partial charge in [-0.05, 0) is 76.5 Å². The zero-order valence-electron chi connectivity index (χ0n) is 17.6. The van der Waals surface area contributed by atoms with Crippen LogP contribution in [0.4, 0.5) is 11.4 Å². The molecule has 33 heavy (non-hydrogen) atoms. The zero-order chi connectivity index (χ0) is 23.8. The van der Waals surface area contributed by atoms with Crippen molar-refractivity contribution < 1.29 is 14.3 Å². The molecule has 0 aliphatic heterocycles. The topological polar surface area (TPSA) is 91.2 Å². The van der Waals surface area contributed by atoms with Crippen LogP contribution in [0.3, 0.4) is 0 Å². The maximum absolute atomic E-state index is 12.5. The van der Waals surface area contributed by atoms with Crippen molar-refractivity contribution in [1.29, 1.82) is 5.26 Å². The second-order valence-corrected chi connectivity index (χ2v) is 8.26. The van der Waals surface area contributed by atoms with Gasteiger partial charge in [0.15, 0.2) is 6.61 Å². The molecule has 0 heterocycles. The van der Waals surface area contributed by atoms with E-state index in [1.54, 1.807) is 48.5 Å². The van der Waals surface area contributed by atoms with Crippen LogP contribution in [0.1, 0.15) is 11.1 Å². The van der Waals surface area contributed by atoms with E-state index in [0.29, 0.717) is 32.2 Å². The van der Waals surface area contributed by atoms with Gasteiger partial charge in [-0.2, -0.15) is 5.26 Å². The molecule has 2 amide bonds. The fraction of sp³-hybridized carbons (Fsp3) is 0.0800. The van der Waals surface area contributed by atoms with Gasteiger partial charge in [-0.1, -0.05) is 41.9 Å². The second kappa shape index (κ2) is 11.3. The van der Waals surface area contributed by atoms with Gasteiger partial charge in [0.05, 0.1) is 15.2 Å². The smallest absolute Gasteiger partial charge is 0.266 e. The highest BCUT2D eigenvalue weighted by Gasteiger charge is 2.12. The lowest BCUT2D eigenvalue weighted by Gasteiger charge is -2.10. The van der Waals surface area contributed by atoms with Crippen LogP contribution < -0.4 is 15.4 Å². The Labute approximate surface area is 205 Å². The standard InChI is InChI=1S/C25H19BrClN3O3/c1-16-5-4-6-19(11-16)29-24(31)15-33-23-10-9-17(13-20(23)26)12-18(14-28)25(32)30-22-8-3-2-7-21(22)27/h2-13H,15H2,1H3,(H,29,31)(H,30,32)/b18-12+. The van der Waals surface area contributed by atoms with Crippen LogP contribution in [0.25, 0.3) is 6.08 Å². The Kier molecular flexibility index (Phi) is 8.25. The van der Waals surface area contributed by atoms with E-state index < -0.39 is 5.91 Å². The number of nitrogens with zero attached hydrogens (tertiary/aromatic N) is 1. The molecule has 8 heteroatoms. The number of nitriles is 1. The molecule has 0 aliphatic carbocycles. The summed E-state index contributed by atoms with van der Waals surface area (Å²) in [7, 11) is 0. The van der Waals surface area contributed by atoms with Crippen LogP contribution in [0, 0.1) is 18.3 Å². The Bertz CT molecular complexity index is 1270. The summed E-state index contributed by atoms with van der Waals surface area (Å²) in [4.78, 5) is 24.6. The fourth-order valence-corrected chi connectivity index (χ4v) is 3.55. The third kappa shape index (κ3) is 6.94. The van der Waals surface area contributed by atoms with E-state index in [4.69, 9.17) is 16.3 Å². The highest BCUT2D eigenvalue weighted by Crippen LogP contribution is 2.27. The summed E-state index contributed by atoms with van der Waals surface area (Å²) >= 11 is 9.45. The molecule has 0 bridgehead atoms. The van der Waals surface area contributed by atoms with Crippen molar-refractivity contribution in [1.82, 2.24) is 0 Å². The van der Waals surface area contributed by atoms with Crippen LogP contribution in [0.15, 0.2) is 76.8 Å². The van der Waals surface area contributed by atoms with E-state index in [2.05, 4.69) is 26.6 Å². The molecule has 3 aromatic rings. The van der Waals surface area contributed by atoms with Crippen LogP contribution in [-0.2, 0) is 9.59 Å². The zero-order valence-corrected chi connectivity index (χ0v) is 19.9. The first-order valence-electron chi connectivity index (χ1n) is 9.82. The van der Waals surface area contributed by atoms with Gasteiger partial charge in [0.25, 0.3) is 11.8 Å². The third-order valence-corrected chi connectivity index (χ3v) is 5.36. The average molecular weight is 525 g/mol. The fourth-order valence-electron chi connectivity index (χ4n) is 2.85. The van der Waals surface area contributed by atoms with E-state index >= 15 is 0 Å². The van der Waals surface area contributed by atoms with Gasteiger partial charge in [0.1, 0.15) is 17.4 Å². The minimum Gasteiger partial charge on any atom is -0.483 e. The first-order valence-corrected chi connectivity index (χ1v) is 11.0. The summed E-state index contributed by atoms with van der Waals surface area (Å²) in [5.41, 5.74) is 2.66. The van der Waals surface area contributed by atoms with E-state index in [-0.39, 0.29) is 18.1 Å². The molecule has 166 valence electrons. The molecule has 0 aromatic heterocycles. The second-order valence-electron chi connectivity index (χ2n) is 7.00. The summed E-state index contributed by atoms with van der Waals surface area (Å²) < 4.78 is 6.16. The van der Waals surface area contributed by atoms with Gasteiger partial charge in [-0.3, -0.25) is 9.59 Å². The van der Waals surface area contributed by atoms with Crippen molar-refractivity contribution in [3.63, 3.8) is 0 Å². The molecule has 0 atom stereocenters. The summed E-state index contributed by atoms with van der Waals surface area (Å²) in [6, 6.07) is 21.1. The van der Waals surface area contributed by atoms with Crippen LogP contribution in [0.2, 0.25) is 5.02 Å². The van der Waals surface area contributed by atoms with Crippen molar-refractivity contribution in [2.75, 3.05) is 17.2 Å². The van der Waals surface area contributed by atoms with Gasteiger partial charge >= 0.3 is 0 Å². The molecule has 0 unspecified atom stereocenters. The van der Waals surface area contributed by atoms with Crippen LogP contribution in [-0.4, -0.2) is 18.4 Å². The monoisotopic (exact) mass is 523 g/mol. The lowest BCUT2D eigenvalue weighted by atomic mass is 10.1. The largest absolute Gasteiger partial charge is 0.483 e. The number of aryl methyl sites for hydroxylation is 1. The summed E-state index contributed by atoms with van der Waals surface area (Å²) in [6.07, 6.45) is 1.45. The Morgan fingerprint density at radius 3 is 2.58 bits per heavy atom. The van der Waals surface area contributed by atoms with Gasteiger partial charge in [-0.25, -0.2) is 0 Å². The highest BCUT2D eigenvalue weighted by molar-refractivity contribution is 9.10. The first kappa shape index (κ1) is 24.1. The molecule has 0 saturated carbocycles. The van der Waals surface area contributed by atoms with Crippen molar-refractivity contribution in [2.24, 2.45) is 0 Å². The Morgan fingerprint density at radius 1 is 1.09 bits per heavy atom. The number of para-hydroxylation sites is 1. The normalized spacial score (nSPS) is 10.8. The Morgan fingerprint density at radius 2 is 1.88 bits per heavy atom. The van der Waals surface area contributed by atoms with Crippen molar-refractivity contribution in [3.05, 3.63) is 92.9 Å². The molecule has 0 fully saturated rings. The lowest BCUT2D eigenvalue weighted by Crippen LogP contribution is -2.20. The number of ether oxygens (including phenoxy) is 1. The molecule has 3 aromatic carbocycles. The van der Waals surface area contributed by atoms with Crippen LogP contribution >= 0.6 is 27.5 Å². The molecular formula is C25H19BrClN3O3. The van der Waals surface area contributed by atoms with Gasteiger partial charge in [-0.15, -0.1) is 0 Å². The third-order valence-electron chi connectivity index (χ3n) is 4.41. The number of amides is 2. The molecule has 0 saturated heterocycles. The van der Waals surface area contributed by atoms with E-state index in [1.165, 1.54) is 6.08 Å². The SMILES string of the molecule is Cc1cccc(NC(=O)COc2ccc(/C=C(\C#N)C(=O)Nc3ccccc3Cl)cc2Br)c1. The maximum Gasteiger partial charge on any atom is 0.266 e. The van der Waals surface area contributed by atoms with Crippen molar-refractivity contribution >= 4 is 56.8 Å². The lowest BCUT2D eigenvalue weighted by molar-refractivity contribution is -0.118. The number of anilines is 2.